The highest BCUT2D eigenvalue weighted by atomic mass is 35.5. The van der Waals surface area contributed by atoms with Crippen LogP contribution in [-0.4, -0.2) is 27.9 Å². The molecule has 0 aliphatic carbocycles. The van der Waals surface area contributed by atoms with Gasteiger partial charge in [0.1, 0.15) is 0 Å². The van der Waals surface area contributed by atoms with Gasteiger partial charge in [0.05, 0.1) is 5.69 Å². The van der Waals surface area contributed by atoms with Gasteiger partial charge in [0.15, 0.2) is 11.5 Å². The number of carbonyl (C=O) groups excluding carboxylic acids is 2. The van der Waals surface area contributed by atoms with E-state index in [2.05, 4.69) is 15.6 Å². The van der Waals surface area contributed by atoms with E-state index in [0.29, 0.717) is 41.2 Å². The summed E-state index contributed by atoms with van der Waals surface area (Å²) in [5.41, 5.74) is 1.80. The summed E-state index contributed by atoms with van der Waals surface area (Å²) in [6.45, 7) is 5.35. The second-order valence-corrected chi connectivity index (χ2v) is 7.34. The maximum atomic E-state index is 12.7. The highest BCUT2D eigenvalue weighted by Crippen LogP contribution is 2.22. The SMILES string of the molecule is CC(C)CNC(=O)c1nc(C(=O)Nc2ccc(Cl)cc2)c2n1CCCC2. The molecule has 138 valence electrons. The topological polar surface area (TPSA) is 76.0 Å². The second kappa shape index (κ2) is 7.91. The van der Waals surface area contributed by atoms with Crippen LogP contribution >= 0.6 is 11.6 Å². The van der Waals surface area contributed by atoms with E-state index < -0.39 is 0 Å². The van der Waals surface area contributed by atoms with Gasteiger partial charge in [0.2, 0.25) is 0 Å². The van der Waals surface area contributed by atoms with Crippen LogP contribution in [0, 0.1) is 5.92 Å². The highest BCUT2D eigenvalue weighted by Gasteiger charge is 2.27. The second-order valence-electron chi connectivity index (χ2n) is 6.90. The van der Waals surface area contributed by atoms with E-state index >= 15 is 0 Å². The molecule has 0 saturated heterocycles. The quantitative estimate of drug-likeness (QED) is 0.840. The number of benzene rings is 1. The van der Waals surface area contributed by atoms with Gasteiger partial charge in [-0.05, 0) is 49.4 Å². The van der Waals surface area contributed by atoms with E-state index in [1.54, 1.807) is 24.3 Å². The summed E-state index contributed by atoms with van der Waals surface area (Å²) in [6.07, 6.45) is 2.71. The van der Waals surface area contributed by atoms with E-state index in [0.717, 1.165) is 25.0 Å². The summed E-state index contributed by atoms with van der Waals surface area (Å²) in [5.74, 6) is 0.136. The zero-order valence-corrected chi connectivity index (χ0v) is 15.8. The summed E-state index contributed by atoms with van der Waals surface area (Å²) < 4.78 is 1.88. The zero-order chi connectivity index (χ0) is 18.7. The molecule has 0 unspecified atom stereocenters. The number of imidazole rings is 1. The van der Waals surface area contributed by atoms with E-state index in [9.17, 15) is 9.59 Å². The molecule has 3 rings (SSSR count). The highest BCUT2D eigenvalue weighted by molar-refractivity contribution is 6.30. The molecular weight excluding hydrogens is 352 g/mol. The third kappa shape index (κ3) is 4.07. The van der Waals surface area contributed by atoms with Gasteiger partial charge in [-0.2, -0.15) is 0 Å². The van der Waals surface area contributed by atoms with Gasteiger partial charge in [0, 0.05) is 23.8 Å². The van der Waals surface area contributed by atoms with Crippen molar-refractivity contribution in [3.05, 3.63) is 46.5 Å². The number of hydrogen-bond acceptors (Lipinski definition) is 3. The molecule has 2 heterocycles. The first-order valence-electron chi connectivity index (χ1n) is 8.90. The molecule has 7 heteroatoms. The first kappa shape index (κ1) is 18.5. The van der Waals surface area contributed by atoms with Crippen molar-refractivity contribution in [2.24, 2.45) is 5.92 Å². The molecule has 2 amide bonds. The van der Waals surface area contributed by atoms with Crippen molar-refractivity contribution in [2.45, 2.75) is 39.7 Å². The number of nitrogens with one attached hydrogen (secondary N) is 2. The van der Waals surface area contributed by atoms with Gasteiger partial charge in [-0.25, -0.2) is 4.98 Å². The molecule has 1 aliphatic heterocycles. The van der Waals surface area contributed by atoms with Gasteiger partial charge < -0.3 is 15.2 Å². The largest absolute Gasteiger partial charge is 0.349 e. The molecule has 2 aromatic rings. The molecule has 2 N–H and O–H groups in total. The molecule has 1 aromatic heterocycles. The van der Waals surface area contributed by atoms with Crippen LogP contribution < -0.4 is 10.6 Å². The Hall–Kier alpha value is -2.34. The van der Waals surface area contributed by atoms with Gasteiger partial charge >= 0.3 is 0 Å². The fourth-order valence-electron chi connectivity index (χ4n) is 3.00. The number of fused-ring (bicyclic) bond motifs is 1. The molecule has 0 radical (unpaired) electrons. The molecule has 26 heavy (non-hydrogen) atoms. The number of aromatic nitrogens is 2. The average Bonchev–Trinajstić information content (AvgIpc) is 3.01. The Morgan fingerprint density at radius 3 is 2.62 bits per heavy atom. The lowest BCUT2D eigenvalue weighted by molar-refractivity contribution is 0.0933. The Kier molecular flexibility index (Phi) is 5.61. The van der Waals surface area contributed by atoms with Crippen LogP contribution in [0.4, 0.5) is 5.69 Å². The van der Waals surface area contributed by atoms with E-state index in [1.165, 1.54) is 0 Å². The standard InChI is InChI=1S/C19H23ClN4O2/c1-12(2)11-21-19(26)17-23-16(15-5-3-4-10-24(15)17)18(25)22-14-8-6-13(20)7-9-14/h6-9,12H,3-5,10-11H2,1-2H3,(H,21,26)(H,22,25). The maximum Gasteiger partial charge on any atom is 0.287 e. The number of amides is 2. The van der Waals surface area contributed by atoms with E-state index in [4.69, 9.17) is 11.6 Å². The van der Waals surface area contributed by atoms with Crippen LogP contribution in [-0.2, 0) is 13.0 Å². The molecule has 1 aromatic carbocycles. The van der Waals surface area contributed by atoms with Crippen molar-refractivity contribution >= 4 is 29.1 Å². The Morgan fingerprint density at radius 1 is 1.19 bits per heavy atom. The van der Waals surface area contributed by atoms with Gasteiger partial charge in [-0.15, -0.1) is 0 Å². The van der Waals surface area contributed by atoms with Crippen molar-refractivity contribution in [3.63, 3.8) is 0 Å². The Morgan fingerprint density at radius 2 is 1.92 bits per heavy atom. The number of anilines is 1. The van der Waals surface area contributed by atoms with Crippen molar-refractivity contribution in [1.82, 2.24) is 14.9 Å². The lowest BCUT2D eigenvalue weighted by atomic mass is 10.1. The molecular formula is C19H23ClN4O2. The lowest BCUT2D eigenvalue weighted by Gasteiger charge is -2.17. The Balaban J connectivity index is 1.85. The minimum Gasteiger partial charge on any atom is -0.349 e. The van der Waals surface area contributed by atoms with Crippen LogP contribution in [0.5, 0.6) is 0 Å². The van der Waals surface area contributed by atoms with Gasteiger partial charge in [0.25, 0.3) is 11.8 Å². The zero-order valence-electron chi connectivity index (χ0n) is 15.0. The monoisotopic (exact) mass is 374 g/mol. The van der Waals surface area contributed by atoms with Gasteiger partial charge in [-0.3, -0.25) is 9.59 Å². The molecule has 0 bridgehead atoms. The number of carbonyl (C=O) groups is 2. The number of halogens is 1. The number of nitrogens with zero attached hydrogens (tertiary/aromatic N) is 2. The van der Waals surface area contributed by atoms with E-state index in [-0.39, 0.29) is 11.8 Å². The van der Waals surface area contributed by atoms with Crippen molar-refractivity contribution < 1.29 is 9.59 Å². The number of hydrogen-bond donors (Lipinski definition) is 2. The van der Waals surface area contributed by atoms with Crippen LogP contribution in [0.15, 0.2) is 24.3 Å². The molecule has 0 atom stereocenters. The summed E-state index contributed by atoms with van der Waals surface area (Å²) in [6, 6.07) is 6.90. The Bertz CT molecular complexity index is 812. The summed E-state index contributed by atoms with van der Waals surface area (Å²) in [4.78, 5) is 29.6. The fraction of sp³-hybridized carbons (Fsp3) is 0.421. The minimum absolute atomic E-state index is 0.229. The van der Waals surface area contributed by atoms with Crippen LogP contribution in [0.2, 0.25) is 5.02 Å². The average molecular weight is 375 g/mol. The molecule has 1 aliphatic rings. The summed E-state index contributed by atoms with van der Waals surface area (Å²) in [7, 11) is 0. The molecule has 0 saturated carbocycles. The molecule has 0 spiro atoms. The smallest absolute Gasteiger partial charge is 0.287 e. The molecule has 6 nitrogen and oxygen atoms in total. The maximum absolute atomic E-state index is 12.7. The predicted molar refractivity (Wildman–Crippen MR) is 102 cm³/mol. The molecule has 0 fully saturated rings. The van der Waals surface area contributed by atoms with Crippen LogP contribution in [0.3, 0.4) is 0 Å². The van der Waals surface area contributed by atoms with Crippen molar-refractivity contribution in [2.75, 3.05) is 11.9 Å². The fourth-order valence-corrected chi connectivity index (χ4v) is 3.12. The first-order chi connectivity index (χ1) is 12.5. The minimum atomic E-state index is -0.305. The third-order valence-electron chi connectivity index (χ3n) is 4.31. The van der Waals surface area contributed by atoms with Crippen LogP contribution in [0.1, 0.15) is 53.5 Å². The third-order valence-corrected chi connectivity index (χ3v) is 4.56. The first-order valence-corrected chi connectivity index (χ1v) is 9.28. The van der Waals surface area contributed by atoms with Crippen molar-refractivity contribution in [1.29, 1.82) is 0 Å². The predicted octanol–water partition coefficient (Wildman–Crippen LogP) is 3.51. The van der Waals surface area contributed by atoms with Crippen LogP contribution in [0.25, 0.3) is 0 Å². The normalized spacial score (nSPS) is 13.4. The van der Waals surface area contributed by atoms with Gasteiger partial charge in [-0.1, -0.05) is 25.4 Å². The number of rotatable bonds is 5. The summed E-state index contributed by atoms with van der Waals surface area (Å²) in [5, 5.41) is 6.32. The van der Waals surface area contributed by atoms with E-state index in [1.807, 2.05) is 18.4 Å². The Labute approximate surface area is 157 Å². The summed E-state index contributed by atoms with van der Waals surface area (Å²) >= 11 is 5.88. The van der Waals surface area contributed by atoms with Crippen molar-refractivity contribution in [3.8, 4) is 0 Å². The lowest BCUT2D eigenvalue weighted by Crippen LogP contribution is -2.30.